The third kappa shape index (κ3) is 4.08. The predicted molar refractivity (Wildman–Crippen MR) is 81.4 cm³/mol. The molecule has 0 atom stereocenters. The summed E-state index contributed by atoms with van der Waals surface area (Å²) in [5, 5.41) is 2.91. The Kier molecular flexibility index (Phi) is 4.99. The minimum Gasteiger partial charge on any atom is -0.322 e. The number of carbonyl (C=O) groups is 1. The highest BCUT2D eigenvalue weighted by Gasteiger charge is 2.20. The van der Waals surface area contributed by atoms with E-state index < -0.39 is 0 Å². The van der Waals surface area contributed by atoms with Gasteiger partial charge in [0.15, 0.2) is 0 Å². The number of nitrogens with one attached hydrogen (secondary N) is 1. The highest BCUT2D eigenvalue weighted by molar-refractivity contribution is 9.10. The van der Waals surface area contributed by atoms with Crippen molar-refractivity contribution in [1.29, 1.82) is 0 Å². The maximum absolute atomic E-state index is 12.1. The van der Waals surface area contributed by atoms with E-state index in [1.54, 1.807) is 0 Å². The largest absolute Gasteiger partial charge is 0.322 e. The van der Waals surface area contributed by atoms with E-state index in [2.05, 4.69) is 32.7 Å². The number of amides is 2. The second-order valence-electron chi connectivity index (χ2n) is 4.51. The third-order valence-corrected chi connectivity index (χ3v) is 3.67. The number of piperazine rings is 1. The summed E-state index contributed by atoms with van der Waals surface area (Å²) in [5.41, 5.74) is 0.821. The second kappa shape index (κ2) is 6.73. The molecule has 1 fully saturated rings. The van der Waals surface area contributed by atoms with Crippen molar-refractivity contribution in [3.05, 3.63) is 41.4 Å². The van der Waals surface area contributed by atoms with E-state index in [9.17, 15) is 4.79 Å². The van der Waals surface area contributed by atoms with Gasteiger partial charge in [-0.25, -0.2) is 4.79 Å². The molecule has 1 aliphatic rings. The molecule has 1 N–H and O–H groups in total. The van der Waals surface area contributed by atoms with E-state index in [0.29, 0.717) is 0 Å². The molecule has 2 amide bonds. The van der Waals surface area contributed by atoms with Crippen LogP contribution >= 0.6 is 15.9 Å². The standard InChI is InChI=1S/C14H18BrN3O/c1-2-7-17-8-10-18(11-9-17)14(19)16-13-5-3-12(15)4-6-13/h2-6H,1,7-11H2,(H,16,19). The van der Waals surface area contributed by atoms with Gasteiger partial charge in [0.1, 0.15) is 0 Å². The lowest BCUT2D eigenvalue weighted by Gasteiger charge is -2.34. The molecule has 1 saturated heterocycles. The molecule has 0 bridgehead atoms. The Balaban J connectivity index is 1.84. The zero-order valence-corrected chi connectivity index (χ0v) is 12.4. The van der Waals surface area contributed by atoms with Crippen molar-refractivity contribution in [3.8, 4) is 0 Å². The number of carbonyl (C=O) groups excluding carboxylic acids is 1. The molecule has 1 aromatic rings. The van der Waals surface area contributed by atoms with E-state index in [0.717, 1.165) is 42.9 Å². The average Bonchev–Trinajstić information content (AvgIpc) is 2.42. The van der Waals surface area contributed by atoms with Crippen molar-refractivity contribution in [1.82, 2.24) is 9.80 Å². The number of rotatable bonds is 3. The molecular weight excluding hydrogens is 306 g/mol. The highest BCUT2D eigenvalue weighted by Crippen LogP contribution is 2.15. The molecule has 5 heteroatoms. The summed E-state index contributed by atoms with van der Waals surface area (Å²) in [6.45, 7) is 7.95. The van der Waals surface area contributed by atoms with Crippen LogP contribution in [0.15, 0.2) is 41.4 Å². The molecule has 0 unspecified atom stereocenters. The number of benzene rings is 1. The number of hydrogen-bond donors (Lipinski definition) is 1. The topological polar surface area (TPSA) is 35.6 Å². The zero-order chi connectivity index (χ0) is 13.7. The Labute approximate surface area is 122 Å². The van der Waals surface area contributed by atoms with Crippen LogP contribution < -0.4 is 5.32 Å². The van der Waals surface area contributed by atoms with Crippen LogP contribution in [0.3, 0.4) is 0 Å². The van der Waals surface area contributed by atoms with Gasteiger partial charge >= 0.3 is 6.03 Å². The van der Waals surface area contributed by atoms with Gasteiger partial charge in [-0.1, -0.05) is 22.0 Å². The second-order valence-corrected chi connectivity index (χ2v) is 5.43. The fourth-order valence-corrected chi connectivity index (χ4v) is 2.32. The number of anilines is 1. The number of hydrogen-bond acceptors (Lipinski definition) is 2. The molecule has 1 aromatic carbocycles. The third-order valence-electron chi connectivity index (χ3n) is 3.14. The van der Waals surface area contributed by atoms with Crippen molar-refractivity contribution < 1.29 is 4.79 Å². The van der Waals surface area contributed by atoms with Crippen LogP contribution in [-0.4, -0.2) is 48.6 Å². The van der Waals surface area contributed by atoms with Gasteiger partial charge in [0.05, 0.1) is 0 Å². The lowest BCUT2D eigenvalue weighted by molar-refractivity contribution is 0.156. The van der Waals surface area contributed by atoms with E-state index >= 15 is 0 Å². The lowest BCUT2D eigenvalue weighted by atomic mass is 10.3. The van der Waals surface area contributed by atoms with Crippen LogP contribution in [0.25, 0.3) is 0 Å². The van der Waals surface area contributed by atoms with Gasteiger partial charge < -0.3 is 10.2 Å². The summed E-state index contributed by atoms with van der Waals surface area (Å²) in [5.74, 6) is 0. The maximum atomic E-state index is 12.1. The highest BCUT2D eigenvalue weighted by atomic mass is 79.9. The average molecular weight is 324 g/mol. The molecule has 0 spiro atoms. The van der Waals surface area contributed by atoms with Crippen LogP contribution in [0.1, 0.15) is 0 Å². The SMILES string of the molecule is C=CCN1CCN(C(=O)Nc2ccc(Br)cc2)CC1. The minimum atomic E-state index is -0.0272. The van der Waals surface area contributed by atoms with Crippen LogP contribution in [-0.2, 0) is 0 Å². The van der Waals surface area contributed by atoms with E-state index in [1.165, 1.54) is 0 Å². The quantitative estimate of drug-likeness (QED) is 0.868. The first-order valence-corrected chi connectivity index (χ1v) is 7.13. The van der Waals surface area contributed by atoms with Gasteiger partial charge in [-0.3, -0.25) is 4.90 Å². The maximum Gasteiger partial charge on any atom is 0.321 e. The van der Waals surface area contributed by atoms with Gasteiger partial charge in [0.2, 0.25) is 0 Å². The number of nitrogens with zero attached hydrogens (tertiary/aromatic N) is 2. The molecule has 19 heavy (non-hydrogen) atoms. The van der Waals surface area contributed by atoms with E-state index in [4.69, 9.17) is 0 Å². The van der Waals surface area contributed by atoms with Gasteiger partial charge in [-0.2, -0.15) is 0 Å². The predicted octanol–water partition coefficient (Wildman–Crippen LogP) is 2.78. The van der Waals surface area contributed by atoms with Crippen molar-refractivity contribution in [2.24, 2.45) is 0 Å². The minimum absolute atomic E-state index is 0.0272. The Morgan fingerprint density at radius 2 is 1.89 bits per heavy atom. The molecule has 0 aliphatic carbocycles. The van der Waals surface area contributed by atoms with Crippen molar-refractivity contribution in [3.63, 3.8) is 0 Å². The Hall–Kier alpha value is -1.33. The molecule has 1 aliphatic heterocycles. The monoisotopic (exact) mass is 323 g/mol. The van der Waals surface area contributed by atoms with Crippen molar-refractivity contribution >= 4 is 27.6 Å². The summed E-state index contributed by atoms with van der Waals surface area (Å²) in [6.07, 6.45) is 1.90. The van der Waals surface area contributed by atoms with Crippen LogP contribution in [0, 0.1) is 0 Å². The smallest absolute Gasteiger partial charge is 0.321 e. The normalized spacial score (nSPS) is 16.2. The van der Waals surface area contributed by atoms with Crippen molar-refractivity contribution in [2.45, 2.75) is 0 Å². The fraction of sp³-hybridized carbons (Fsp3) is 0.357. The summed E-state index contributed by atoms with van der Waals surface area (Å²) in [6, 6.07) is 7.57. The molecule has 0 saturated carbocycles. The molecule has 2 rings (SSSR count). The molecule has 0 aromatic heterocycles. The first-order valence-electron chi connectivity index (χ1n) is 6.34. The van der Waals surface area contributed by atoms with E-state index in [-0.39, 0.29) is 6.03 Å². The van der Waals surface area contributed by atoms with Gasteiger partial charge in [0, 0.05) is 42.9 Å². The first-order chi connectivity index (χ1) is 9.19. The summed E-state index contributed by atoms with van der Waals surface area (Å²) in [7, 11) is 0. The number of urea groups is 1. The molecule has 0 radical (unpaired) electrons. The zero-order valence-electron chi connectivity index (χ0n) is 10.8. The van der Waals surface area contributed by atoms with Crippen LogP contribution in [0.2, 0.25) is 0 Å². The molecule has 102 valence electrons. The first kappa shape index (κ1) is 14.1. The Morgan fingerprint density at radius 1 is 1.26 bits per heavy atom. The summed E-state index contributed by atoms with van der Waals surface area (Å²) in [4.78, 5) is 16.2. The molecular formula is C14H18BrN3O. The van der Waals surface area contributed by atoms with Gasteiger partial charge in [-0.15, -0.1) is 6.58 Å². The molecule has 4 nitrogen and oxygen atoms in total. The van der Waals surface area contributed by atoms with Gasteiger partial charge in [-0.05, 0) is 24.3 Å². The van der Waals surface area contributed by atoms with Gasteiger partial charge in [0.25, 0.3) is 0 Å². The number of halogens is 1. The van der Waals surface area contributed by atoms with Crippen molar-refractivity contribution in [2.75, 3.05) is 38.0 Å². The Bertz CT molecular complexity index is 439. The van der Waals surface area contributed by atoms with E-state index in [1.807, 2.05) is 35.2 Å². The fourth-order valence-electron chi connectivity index (χ4n) is 2.05. The summed E-state index contributed by atoms with van der Waals surface area (Å²) < 4.78 is 1.00. The van der Waals surface area contributed by atoms with Crippen LogP contribution in [0.5, 0.6) is 0 Å². The Morgan fingerprint density at radius 3 is 2.47 bits per heavy atom. The summed E-state index contributed by atoms with van der Waals surface area (Å²) >= 11 is 3.37. The van der Waals surface area contributed by atoms with Crippen LogP contribution in [0.4, 0.5) is 10.5 Å². The lowest BCUT2D eigenvalue weighted by Crippen LogP contribution is -2.49. The molecule has 1 heterocycles.